The summed E-state index contributed by atoms with van der Waals surface area (Å²) >= 11 is 0. The van der Waals surface area contributed by atoms with Crippen LogP contribution in [0, 0.1) is 18.3 Å². The maximum atomic E-state index is 6.32. The molecule has 0 spiro atoms. The van der Waals surface area contributed by atoms with E-state index in [1.165, 1.54) is 17.5 Å². The van der Waals surface area contributed by atoms with E-state index < -0.39 is 0 Å². The fourth-order valence-electron chi connectivity index (χ4n) is 2.69. The molecule has 17 heavy (non-hydrogen) atoms. The molecule has 1 aromatic rings. The van der Waals surface area contributed by atoms with Gasteiger partial charge in [0.15, 0.2) is 0 Å². The Bertz CT molecular complexity index is 349. The highest BCUT2D eigenvalue weighted by atomic mass is 14.6. The van der Waals surface area contributed by atoms with Crippen LogP contribution in [0.4, 0.5) is 0 Å². The second-order valence-electron chi connectivity index (χ2n) is 6.57. The summed E-state index contributed by atoms with van der Waals surface area (Å²) in [5.74, 6) is 0.671. The second-order valence-corrected chi connectivity index (χ2v) is 6.57. The van der Waals surface area contributed by atoms with Crippen LogP contribution in [0.5, 0.6) is 0 Å². The fraction of sp³-hybridized carbons (Fsp3) is 0.625. The third-order valence-electron chi connectivity index (χ3n) is 3.21. The number of rotatable bonds is 4. The van der Waals surface area contributed by atoms with Gasteiger partial charge in [0, 0.05) is 6.04 Å². The Balaban J connectivity index is 2.61. The summed E-state index contributed by atoms with van der Waals surface area (Å²) in [5, 5.41) is 0. The van der Waals surface area contributed by atoms with E-state index in [-0.39, 0.29) is 6.04 Å². The first-order valence-corrected chi connectivity index (χ1v) is 6.61. The molecule has 0 saturated carbocycles. The van der Waals surface area contributed by atoms with Crippen molar-refractivity contribution in [1.29, 1.82) is 0 Å². The molecule has 0 aromatic heterocycles. The summed E-state index contributed by atoms with van der Waals surface area (Å²) in [6.45, 7) is 11.3. The van der Waals surface area contributed by atoms with Crippen LogP contribution >= 0.6 is 0 Å². The molecular weight excluding hydrogens is 206 g/mol. The molecule has 0 saturated heterocycles. The van der Waals surface area contributed by atoms with E-state index in [4.69, 9.17) is 5.73 Å². The van der Waals surface area contributed by atoms with E-state index in [9.17, 15) is 0 Å². The Kier molecular flexibility index (Phi) is 4.76. The Morgan fingerprint density at radius 1 is 1.18 bits per heavy atom. The minimum Gasteiger partial charge on any atom is -0.324 e. The Labute approximate surface area is 106 Å². The van der Waals surface area contributed by atoms with Gasteiger partial charge in [0.2, 0.25) is 0 Å². The lowest BCUT2D eigenvalue weighted by Crippen LogP contribution is -2.18. The van der Waals surface area contributed by atoms with Crippen molar-refractivity contribution in [2.45, 2.75) is 53.5 Å². The number of hydrogen-bond donors (Lipinski definition) is 1. The van der Waals surface area contributed by atoms with Crippen molar-refractivity contribution < 1.29 is 0 Å². The van der Waals surface area contributed by atoms with E-state index in [1.807, 2.05) is 0 Å². The standard InChI is InChI=1S/C16H27N/c1-12(11-16(3,4)5)10-15(17)14-9-7-6-8-13(14)2/h6-9,12,15H,10-11,17H2,1-5H3. The molecule has 2 N–H and O–H groups in total. The summed E-state index contributed by atoms with van der Waals surface area (Å²) in [6, 6.07) is 8.63. The lowest BCUT2D eigenvalue weighted by Gasteiger charge is -2.25. The van der Waals surface area contributed by atoms with E-state index in [1.54, 1.807) is 0 Å². The van der Waals surface area contributed by atoms with Crippen molar-refractivity contribution in [3.8, 4) is 0 Å². The summed E-state index contributed by atoms with van der Waals surface area (Å²) in [4.78, 5) is 0. The van der Waals surface area contributed by atoms with Crippen molar-refractivity contribution in [2.75, 3.05) is 0 Å². The maximum absolute atomic E-state index is 6.32. The molecule has 0 amide bonds. The zero-order chi connectivity index (χ0) is 13.1. The number of nitrogens with two attached hydrogens (primary N) is 1. The van der Waals surface area contributed by atoms with Gasteiger partial charge >= 0.3 is 0 Å². The predicted molar refractivity (Wildman–Crippen MR) is 76.0 cm³/mol. The van der Waals surface area contributed by atoms with Crippen LogP contribution in [0.15, 0.2) is 24.3 Å². The SMILES string of the molecule is Cc1ccccc1C(N)CC(C)CC(C)(C)C. The molecule has 0 heterocycles. The second kappa shape index (κ2) is 5.68. The van der Waals surface area contributed by atoms with Crippen LogP contribution < -0.4 is 5.73 Å². The Hall–Kier alpha value is -0.820. The molecule has 0 fully saturated rings. The molecular formula is C16H27N. The molecule has 0 aliphatic rings. The normalized spacial score (nSPS) is 15.6. The van der Waals surface area contributed by atoms with Gasteiger partial charge in [0.25, 0.3) is 0 Å². The van der Waals surface area contributed by atoms with E-state index >= 15 is 0 Å². The predicted octanol–water partition coefficient (Wildman–Crippen LogP) is 4.46. The molecule has 0 radical (unpaired) electrons. The molecule has 0 bridgehead atoms. The monoisotopic (exact) mass is 233 g/mol. The minimum absolute atomic E-state index is 0.175. The smallest absolute Gasteiger partial charge is 0.0300 e. The van der Waals surface area contributed by atoms with Gasteiger partial charge in [-0.15, -0.1) is 0 Å². The topological polar surface area (TPSA) is 26.0 Å². The van der Waals surface area contributed by atoms with Crippen LogP contribution in [-0.4, -0.2) is 0 Å². The summed E-state index contributed by atoms with van der Waals surface area (Å²) in [5.41, 5.74) is 9.32. The van der Waals surface area contributed by atoms with Crippen molar-refractivity contribution in [2.24, 2.45) is 17.1 Å². The summed E-state index contributed by atoms with van der Waals surface area (Å²) < 4.78 is 0. The van der Waals surface area contributed by atoms with Crippen LogP contribution in [0.2, 0.25) is 0 Å². The lowest BCUT2D eigenvalue weighted by molar-refractivity contribution is 0.286. The van der Waals surface area contributed by atoms with Gasteiger partial charge in [-0.3, -0.25) is 0 Å². The van der Waals surface area contributed by atoms with Gasteiger partial charge < -0.3 is 5.73 Å². The molecule has 1 aromatic carbocycles. The molecule has 0 aliphatic heterocycles. The van der Waals surface area contributed by atoms with Crippen LogP contribution in [-0.2, 0) is 0 Å². The maximum Gasteiger partial charge on any atom is 0.0300 e. The fourth-order valence-corrected chi connectivity index (χ4v) is 2.69. The van der Waals surface area contributed by atoms with Crippen molar-refractivity contribution in [1.82, 2.24) is 0 Å². The van der Waals surface area contributed by atoms with Gasteiger partial charge in [-0.1, -0.05) is 52.0 Å². The highest BCUT2D eigenvalue weighted by molar-refractivity contribution is 5.28. The number of benzene rings is 1. The van der Waals surface area contributed by atoms with Gasteiger partial charge in [0.1, 0.15) is 0 Å². The van der Waals surface area contributed by atoms with Crippen molar-refractivity contribution in [3.05, 3.63) is 35.4 Å². The van der Waals surface area contributed by atoms with Crippen LogP contribution in [0.25, 0.3) is 0 Å². The van der Waals surface area contributed by atoms with Crippen LogP contribution in [0.1, 0.15) is 57.7 Å². The van der Waals surface area contributed by atoms with E-state index in [2.05, 4.69) is 58.9 Å². The minimum atomic E-state index is 0.175. The molecule has 2 atom stereocenters. The number of aryl methyl sites for hydroxylation is 1. The van der Waals surface area contributed by atoms with Gasteiger partial charge in [0.05, 0.1) is 0 Å². The summed E-state index contributed by atoms with van der Waals surface area (Å²) in [7, 11) is 0. The molecule has 1 rings (SSSR count). The highest BCUT2D eigenvalue weighted by Gasteiger charge is 2.18. The third-order valence-corrected chi connectivity index (χ3v) is 3.21. The first-order chi connectivity index (χ1) is 7.79. The van der Waals surface area contributed by atoms with E-state index in [0.29, 0.717) is 11.3 Å². The Morgan fingerprint density at radius 2 is 1.76 bits per heavy atom. The number of hydrogen-bond acceptors (Lipinski definition) is 1. The first-order valence-electron chi connectivity index (χ1n) is 6.61. The summed E-state index contributed by atoms with van der Waals surface area (Å²) in [6.07, 6.45) is 2.30. The largest absolute Gasteiger partial charge is 0.324 e. The van der Waals surface area contributed by atoms with E-state index in [0.717, 1.165) is 6.42 Å². The zero-order valence-electron chi connectivity index (χ0n) is 12.0. The third kappa shape index (κ3) is 4.91. The molecule has 2 unspecified atom stereocenters. The lowest BCUT2D eigenvalue weighted by atomic mass is 9.82. The molecule has 1 nitrogen and oxygen atoms in total. The van der Waals surface area contributed by atoms with Gasteiger partial charge in [-0.25, -0.2) is 0 Å². The van der Waals surface area contributed by atoms with Gasteiger partial charge in [-0.05, 0) is 42.2 Å². The average Bonchev–Trinajstić information content (AvgIpc) is 2.14. The average molecular weight is 233 g/mol. The zero-order valence-corrected chi connectivity index (χ0v) is 12.0. The first kappa shape index (κ1) is 14.2. The van der Waals surface area contributed by atoms with Crippen molar-refractivity contribution in [3.63, 3.8) is 0 Å². The highest BCUT2D eigenvalue weighted by Crippen LogP contribution is 2.30. The van der Waals surface area contributed by atoms with Crippen molar-refractivity contribution >= 4 is 0 Å². The van der Waals surface area contributed by atoms with Crippen LogP contribution in [0.3, 0.4) is 0 Å². The Morgan fingerprint density at radius 3 is 2.29 bits per heavy atom. The molecule has 0 aliphatic carbocycles. The quantitative estimate of drug-likeness (QED) is 0.816. The molecule has 1 heteroatoms. The van der Waals surface area contributed by atoms with Gasteiger partial charge in [-0.2, -0.15) is 0 Å². The molecule has 96 valence electrons.